The second-order valence-electron chi connectivity index (χ2n) is 3.55. The summed E-state index contributed by atoms with van der Waals surface area (Å²) in [6.45, 7) is 0.0421. The third-order valence-corrected chi connectivity index (χ3v) is 3.46. The van der Waals surface area contributed by atoms with Crippen molar-refractivity contribution < 1.29 is 18.3 Å². The van der Waals surface area contributed by atoms with E-state index in [0.29, 0.717) is 24.2 Å². The molecular formula is C11H16O4S. The molecule has 0 radical (unpaired) electrons. The number of sulfone groups is 1. The molecule has 16 heavy (non-hydrogen) atoms. The van der Waals surface area contributed by atoms with E-state index in [9.17, 15) is 8.42 Å². The number of hydrogen-bond acceptors (Lipinski definition) is 4. The molecule has 1 aromatic carbocycles. The van der Waals surface area contributed by atoms with E-state index < -0.39 is 9.84 Å². The normalized spacial score (nSPS) is 11.4. The maximum Gasteiger partial charge on any atom is 0.179 e. The van der Waals surface area contributed by atoms with Crippen molar-refractivity contribution in [3.8, 4) is 5.75 Å². The second-order valence-corrected chi connectivity index (χ2v) is 5.50. The Morgan fingerprint density at radius 3 is 2.56 bits per heavy atom. The first-order chi connectivity index (χ1) is 7.50. The summed E-state index contributed by atoms with van der Waals surface area (Å²) in [7, 11) is -1.87. The summed E-state index contributed by atoms with van der Waals surface area (Å²) in [5.74, 6) is 0.359. The quantitative estimate of drug-likeness (QED) is 0.840. The third-order valence-electron chi connectivity index (χ3n) is 2.26. The van der Waals surface area contributed by atoms with E-state index in [1.807, 2.05) is 0 Å². The highest BCUT2D eigenvalue weighted by molar-refractivity contribution is 7.90. The van der Waals surface area contributed by atoms with Crippen LogP contribution in [0.25, 0.3) is 0 Å². The van der Waals surface area contributed by atoms with Crippen molar-refractivity contribution in [3.63, 3.8) is 0 Å². The summed E-state index contributed by atoms with van der Waals surface area (Å²) in [6, 6.07) is 5.12. The Bertz CT molecular complexity index is 451. The molecule has 90 valence electrons. The Morgan fingerprint density at radius 1 is 1.38 bits per heavy atom. The molecule has 0 fully saturated rings. The molecule has 0 unspecified atom stereocenters. The van der Waals surface area contributed by atoms with Gasteiger partial charge in [-0.2, -0.15) is 0 Å². The topological polar surface area (TPSA) is 63.6 Å². The largest absolute Gasteiger partial charge is 0.495 e. The van der Waals surface area contributed by atoms with Crippen LogP contribution in [0.15, 0.2) is 23.1 Å². The van der Waals surface area contributed by atoms with Crippen molar-refractivity contribution in [2.45, 2.75) is 17.7 Å². The zero-order valence-electron chi connectivity index (χ0n) is 9.43. The lowest BCUT2D eigenvalue weighted by Crippen LogP contribution is -2.06. The molecule has 4 nitrogen and oxygen atoms in total. The van der Waals surface area contributed by atoms with E-state index in [1.165, 1.54) is 7.11 Å². The fraction of sp³-hybridized carbons (Fsp3) is 0.455. The standard InChI is InChI=1S/C11H16O4S/c1-15-10-7-3-5-9(6-4-8-12)11(10)16(2,13)14/h3,5,7,12H,4,6,8H2,1-2H3. The summed E-state index contributed by atoms with van der Waals surface area (Å²) in [4.78, 5) is 0.228. The van der Waals surface area contributed by atoms with E-state index in [-0.39, 0.29) is 11.5 Å². The first-order valence-corrected chi connectivity index (χ1v) is 6.86. The Kier molecular flexibility index (Phi) is 4.32. The average Bonchev–Trinajstić information content (AvgIpc) is 2.24. The Labute approximate surface area is 95.8 Å². The van der Waals surface area contributed by atoms with Gasteiger partial charge in [0.25, 0.3) is 0 Å². The highest BCUT2D eigenvalue weighted by Crippen LogP contribution is 2.28. The minimum atomic E-state index is -3.31. The number of hydrogen-bond donors (Lipinski definition) is 1. The Balaban J connectivity index is 3.27. The van der Waals surface area contributed by atoms with Crippen LogP contribution >= 0.6 is 0 Å². The van der Waals surface area contributed by atoms with Crippen molar-refractivity contribution >= 4 is 9.84 Å². The van der Waals surface area contributed by atoms with E-state index in [2.05, 4.69) is 0 Å². The van der Waals surface area contributed by atoms with Gasteiger partial charge in [0.2, 0.25) is 0 Å². The summed E-state index contributed by atoms with van der Waals surface area (Å²) < 4.78 is 28.4. The lowest BCUT2D eigenvalue weighted by molar-refractivity contribution is 0.288. The van der Waals surface area contributed by atoms with Gasteiger partial charge in [-0.15, -0.1) is 0 Å². The van der Waals surface area contributed by atoms with Gasteiger partial charge < -0.3 is 9.84 Å². The Hall–Kier alpha value is -1.07. The number of aliphatic hydroxyl groups excluding tert-OH is 1. The second kappa shape index (κ2) is 5.32. The highest BCUT2D eigenvalue weighted by atomic mass is 32.2. The maximum absolute atomic E-state index is 11.7. The van der Waals surface area contributed by atoms with E-state index in [1.54, 1.807) is 18.2 Å². The van der Waals surface area contributed by atoms with Crippen molar-refractivity contribution in [3.05, 3.63) is 23.8 Å². The average molecular weight is 244 g/mol. The van der Waals surface area contributed by atoms with Crippen LogP contribution < -0.4 is 4.74 Å². The summed E-state index contributed by atoms with van der Waals surface area (Å²) in [5.41, 5.74) is 0.691. The van der Waals surface area contributed by atoms with Crippen molar-refractivity contribution in [2.75, 3.05) is 20.0 Å². The lowest BCUT2D eigenvalue weighted by atomic mass is 10.1. The first kappa shape index (κ1) is 13.0. The molecule has 0 amide bonds. The van der Waals surface area contributed by atoms with E-state index in [0.717, 1.165) is 6.26 Å². The fourth-order valence-electron chi connectivity index (χ4n) is 1.61. The number of benzene rings is 1. The minimum absolute atomic E-state index is 0.0421. The molecule has 0 saturated carbocycles. The van der Waals surface area contributed by atoms with E-state index in [4.69, 9.17) is 9.84 Å². The molecule has 0 saturated heterocycles. The highest BCUT2D eigenvalue weighted by Gasteiger charge is 2.18. The van der Waals surface area contributed by atoms with Gasteiger partial charge in [-0.05, 0) is 24.5 Å². The van der Waals surface area contributed by atoms with Crippen LogP contribution in [-0.2, 0) is 16.3 Å². The number of aliphatic hydroxyl groups is 1. The SMILES string of the molecule is COc1cccc(CCCO)c1S(C)(=O)=O. The van der Waals surface area contributed by atoms with E-state index >= 15 is 0 Å². The molecule has 0 spiro atoms. The molecule has 0 aliphatic heterocycles. The molecule has 0 heterocycles. The van der Waals surface area contributed by atoms with Gasteiger partial charge in [-0.1, -0.05) is 12.1 Å². The van der Waals surface area contributed by atoms with Crippen LogP contribution in [0.1, 0.15) is 12.0 Å². The predicted octanol–water partition coefficient (Wildman–Crippen LogP) is 1.02. The molecule has 0 aliphatic carbocycles. The number of ether oxygens (including phenoxy) is 1. The zero-order chi connectivity index (χ0) is 12.2. The molecule has 0 atom stereocenters. The van der Waals surface area contributed by atoms with Crippen LogP contribution in [0.5, 0.6) is 5.75 Å². The first-order valence-electron chi connectivity index (χ1n) is 4.97. The smallest absolute Gasteiger partial charge is 0.179 e. The molecular weight excluding hydrogens is 228 g/mol. The Morgan fingerprint density at radius 2 is 2.06 bits per heavy atom. The van der Waals surface area contributed by atoms with Gasteiger partial charge >= 0.3 is 0 Å². The van der Waals surface area contributed by atoms with Crippen LogP contribution in [0.4, 0.5) is 0 Å². The molecule has 1 aromatic rings. The molecule has 0 bridgehead atoms. The lowest BCUT2D eigenvalue weighted by Gasteiger charge is -2.11. The van der Waals surface area contributed by atoms with Crippen molar-refractivity contribution in [1.29, 1.82) is 0 Å². The van der Waals surface area contributed by atoms with Gasteiger partial charge in [0, 0.05) is 12.9 Å². The fourth-order valence-corrected chi connectivity index (χ4v) is 2.77. The number of aryl methyl sites for hydroxylation is 1. The molecule has 0 aliphatic rings. The monoisotopic (exact) mass is 244 g/mol. The molecule has 5 heteroatoms. The molecule has 0 aromatic heterocycles. The summed E-state index contributed by atoms with van der Waals surface area (Å²) in [6.07, 6.45) is 2.22. The van der Waals surface area contributed by atoms with Gasteiger partial charge in [0.05, 0.1) is 7.11 Å². The van der Waals surface area contributed by atoms with Crippen LogP contribution in [0.3, 0.4) is 0 Å². The molecule has 1 rings (SSSR count). The van der Waals surface area contributed by atoms with Gasteiger partial charge in [-0.3, -0.25) is 0 Å². The van der Waals surface area contributed by atoms with Gasteiger partial charge in [-0.25, -0.2) is 8.42 Å². The van der Waals surface area contributed by atoms with Crippen molar-refractivity contribution in [2.24, 2.45) is 0 Å². The van der Waals surface area contributed by atoms with Crippen LogP contribution in [-0.4, -0.2) is 33.5 Å². The number of rotatable bonds is 5. The zero-order valence-corrected chi connectivity index (χ0v) is 10.3. The third kappa shape index (κ3) is 2.96. The van der Waals surface area contributed by atoms with Gasteiger partial charge in [0.1, 0.15) is 10.6 Å². The van der Waals surface area contributed by atoms with Crippen molar-refractivity contribution in [1.82, 2.24) is 0 Å². The predicted molar refractivity (Wildman–Crippen MR) is 61.5 cm³/mol. The number of methoxy groups -OCH3 is 1. The summed E-state index contributed by atoms with van der Waals surface area (Å²) in [5, 5.41) is 8.77. The van der Waals surface area contributed by atoms with Crippen LogP contribution in [0, 0.1) is 0 Å². The molecule has 1 N–H and O–H groups in total. The summed E-state index contributed by atoms with van der Waals surface area (Å²) >= 11 is 0. The van der Waals surface area contributed by atoms with Gasteiger partial charge in [0.15, 0.2) is 9.84 Å². The van der Waals surface area contributed by atoms with Crippen LogP contribution in [0.2, 0.25) is 0 Å². The minimum Gasteiger partial charge on any atom is -0.495 e. The maximum atomic E-state index is 11.7.